The average molecular weight is 288 g/mol. The van der Waals surface area contributed by atoms with E-state index in [2.05, 4.69) is 68.4 Å². The van der Waals surface area contributed by atoms with Crippen LogP contribution in [0.2, 0.25) is 0 Å². The first-order valence-corrected chi connectivity index (χ1v) is 8.59. The maximum atomic E-state index is 3.73. The summed E-state index contributed by atoms with van der Waals surface area (Å²) in [5.41, 5.74) is 1.45. The van der Waals surface area contributed by atoms with E-state index in [1.807, 2.05) is 0 Å². The van der Waals surface area contributed by atoms with Gasteiger partial charge in [-0.2, -0.15) is 0 Å². The smallest absolute Gasteiger partial charge is 0.0272 e. The second kappa shape index (κ2) is 7.95. The Balaban J connectivity index is 1.96. The van der Waals surface area contributed by atoms with E-state index in [0.717, 1.165) is 31.3 Å². The van der Waals surface area contributed by atoms with Crippen LogP contribution in [0.25, 0.3) is 0 Å². The van der Waals surface area contributed by atoms with Gasteiger partial charge in [0.25, 0.3) is 0 Å². The van der Waals surface area contributed by atoms with Gasteiger partial charge in [-0.15, -0.1) is 0 Å². The minimum Gasteiger partial charge on any atom is -0.313 e. The molecule has 0 spiro atoms. The third kappa shape index (κ3) is 4.55. The third-order valence-electron chi connectivity index (χ3n) is 5.00. The molecule has 4 unspecified atom stereocenters. The molecule has 0 aromatic heterocycles. The van der Waals surface area contributed by atoms with Gasteiger partial charge < -0.3 is 10.2 Å². The summed E-state index contributed by atoms with van der Waals surface area (Å²) < 4.78 is 0. The molecule has 0 amide bonds. The fourth-order valence-corrected chi connectivity index (χ4v) is 4.15. The monoisotopic (exact) mass is 288 g/mol. The SMILES string of the molecule is CCNC1CC(C)CC(C)C1N(C)CCc1ccccc1. The summed E-state index contributed by atoms with van der Waals surface area (Å²) in [5, 5.41) is 3.73. The zero-order valence-electron chi connectivity index (χ0n) is 14.2. The molecular weight excluding hydrogens is 256 g/mol. The molecule has 1 aliphatic carbocycles. The van der Waals surface area contributed by atoms with E-state index >= 15 is 0 Å². The fraction of sp³-hybridized carbons (Fsp3) is 0.684. The van der Waals surface area contributed by atoms with E-state index in [-0.39, 0.29) is 0 Å². The number of likely N-dealkylation sites (N-methyl/N-ethyl adjacent to an activating group) is 2. The standard InChI is InChI=1S/C19H32N2/c1-5-20-18-14-15(2)13-16(3)19(18)21(4)12-11-17-9-7-6-8-10-17/h6-10,15-16,18-20H,5,11-14H2,1-4H3. The molecule has 118 valence electrons. The van der Waals surface area contributed by atoms with Gasteiger partial charge >= 0.3 is 0 Å². The summed E-state index contributed by atoms with van der Waals surface area (Å²) in [6, 6.07) is 12.2. The van der Waals surface area contributed by atoms with Crippen LogP contribution in [0.3, 0.4) is 0 Å². The van der Waals surface area contributed by atoms with Gasteiger partial charge in [-0.25, -0.2) is 0 Å². The van der Waals surface area contributed by atoms with Gasteiger partial charge in [0.15, 0.2) is 0 Å². The molecule has 0 bridgehead atoms. The zero-order valence-corrected chi connectivity index (χ0v) is 14.2. The van der Waals surface area contributed by atoms with Crippen LogP contribution in [0, 0.1) is 11.8 Å². The van der Waals surface area contributed by atoms with E-state index in [1.54, 1.807) is 0 Å². The van der Waals surface area contributed by atoms with Crippen molar-refractivity contribution < 1.29 is 0 Å². The lowest BCUT2D eigenvalue weighted by Crippen LogP contribution is -2.55. The maximum absolute atomic E-state index is 3.73. The van der Waals surface area contributed by atoms with Gasteiger partial charge in [0.1, 0.15) is 0 Å². The van der Waals surface area contributed by atoms with Crippen LogP contribution < -0.4 is 5.32 Å². The van der Waals surface area contributed by atoms with Crippen molar-refractivity contribution in [1.82, 2.24) is 10.2 Å². The predicted molar refractivity (Wildman–Crippen MR) is 91.6 cm³/mol. The fourth-order valence-electron chi connectivity index (χ4n) is 4.15. The van der Waals surface area contributed by atoms with Crippen molar-refractivity contribution in [2.24, 2.45) is 11.8 Å². The van der Waals surface area contributed by atoms with Crippen molar-refractivity contribution >= 4 is 0 Å². The molecule has 0 aliphatic heterocycles. The van der Waals surface area contributed by atoms with Crippen LogP contribution in [0.15, 0.2) is 30.3 Å². The minimum atomic E-state index is 0.648. The van der Waals surface area contributed by atoms with E-state index in [4.69, 9.17) is 0 Å². The molecule has 1 fully saturated rings. The topological polar surface area (TPSA) is 15.3 Å². The van der Waals surface area contributed by atoms with Crippen LogP contribution in [-0.4, -0.2) is 37.1 Å². The maximum Gasteiger partial charge on any atom is 0.0272 e. The van der Waals surface area contributed by atoms with Crippen LogP contribution in [0.1, 0.15) is 39.2 Å². The average Bonchev–Trinajstić information content (AvgIpc) is 2.46. The van der Waals surface area contributed by atoms with Crippen molar-refractivity contribution in [3.05, 3.63) is 35.9 Å². The largest absolute Gasteiger partial charge is 0.313 e. The number of rotatable bonds is 6. The number of hydrogen-bond donors (Lipinski definition) is 1. The number of nitrogens with one attached hydrogen (secondary N) is 1. The highest BCUT2D eigenvalue weighted by Gasteiger charge is 2.35. The molecule has 2 nitrogen and oxygen atoms in total. The van der Waals surface area contributed by atoms with Crippen LogP contribution in [0.5, 0.6) is 0 Å². The van der Waals surface area contributed by atoms with Gasteiger partial charge in [-0.1, -0.05) is 51.1 Å². The molecule has 1 aromatic carbocycles. The minimum absolute atomic E-state index is 0.648. The van der Waals surface area contributed by atoms with Crippen molar-refractivity contribution in [1.29, 1.82) is 0 Å². The summed E-state index contributed by atoms with van der Waals surface area (Å²) in [6.07, 6.45) is 3.83. The first-order chi connectivity index (χ1) is 10.1. The molecule has 0 heterocycles. The quantitative estimate of drug-likeness (QED) is 0.861. The Labute approximate surface area is 130 Å². The van der Waals surface area contributed by atoms with Crippen molar-refractivity contribution in [2.75, 3.05) is 20.1 Å². The molecule has 2 heteroatoms. The predicted octanol–water partition coefficient (Wildman–Crippen LogP) is 3.57. The molecule has 0 saturated heterocycles. The summed E-state index contributed by atoms with van der Waals surface area (Å²) in [7, 11) is 2.31. The molecule has 2 rings (SSSR count). The lowest BCUT2D eigenvalue weighted by molar-refractivity contribution is 0.0819. The van der Waals surface area contributed by atoms with E-state index in [0.29, 0.717) is 12.1 Å². The summed E-state index contributed by atoms with van der Waals surface area (Å²) >= 11 is 0. The Bertz CT molecular complexity index is 403. The summed E-state index contributed by atoms with van der Waals surface area (Å²) in [4.78, 5) is 2.59. The van der Waals surface area contributed by atoms with Gasteiger partial charge in [0, 0.05) is 18.6 Å². The molecule has 1 aliphatic rings. The normalized spacial score (nSPS) is 29.8. The Kier molecular flexibility index (Phi) is 6.25. The first kappa shape index (κ1) is 16.5. The molecule has 1 aromatic rings. The Morgan fingerprint density at radius 3 is 2.52 bits per heavy atom. The number of nitrogens with zero attached hydrogens (tertiary/aromatic N) is 1. The zero-order chi connectivity index (χ0) is 15.2. The molecule has 4 atom stereocenters. The molecule has 1 saturated carbocycles. The molecular formula is C19H32N2. The van der Waals surface area contributed by atoms with Crippen LogP contribution in [0.4, 0.5) is 0 Å². The Morgan fingerprint density at radius 1 is 1.14 bits per heavy atom. The van der Waals surface area contributed by atoms with Crippen molar-refractivity contribution in [3.63, 3.8) is 0 Å². The number of hydrogen-bond acceptors (Lipinski definition) is 2. The highest BCUT2D eigenvalue weighted by atomic mass is 15.2. The molecule has 1 N–H and O–H groups in total. The second-order valence-electron chi connectivity index (χ2n) is 6.92. The van der Waals surface area contributed by atoms with E-state index in [1.165, 1.54) is 18.4 Å². The number of benzene rings is 1. The second-order valence-corrected chi connectivity index (χ2v) is 6.92. The highest BCUT2D eigenvalue weighted by Crippen LogP contribution is 2.32. The summed E-state index contributed by atoms with van der Waals surface area (Å²) in [6.45, 7) is 9.29. The van der Waals surface area contributed by atoms with Crippen molar-refractivity contribution in [2.45, 2.75) is 52.1 Å². The Morgan fingerprint density at radius 2 is 1.86 bits per heavy atom. The van der Waals surface area contributed by atoms with E-state index in [9.17, 15) is 0 Å². The lowest BCUT2D eigenvalue weighted by atomic mass is 9.76. The third-order valence-corrected chi connectivity index (χ3v) is 5.00. The van der Waals surface area contributed by atoms with Crippen molar-refractivity contribution in [3.8, 4) is 0 Å². The Hall–Kier alpha value is -0.860. The van der Waals surface area contributed by atoms with Crippen LogP contribution >= 0.6 is 0 Å². The molecule has 0 radical (unpaired) electrons. The van der Waals surface area contributed by atoms with Gasteiger partial charge in [0.2, 0.25) is 0 Å². The first-order valence-electron chi connectivity index (χ1n) is 8.59. The summed E-state index contributed by atoms with van der Waals surface area (Å²) in [5.74, 6) is 1.63. The van der Waals surface area contributed by atoms with Gasteiger partial charge in [-0.05, 0) is 50.3 Å². The van der Waals surface area contributed by atoms with Gasteiger partial charge in [-0.3, -0.25) is 0 Å². The molecule has 21 heavy (non-hydrogen) atoms. The van der Waals surface area contributed by atoms with Crippen LogP contribution in [-0.2, 0) is 6.42 Å². The highest BCUT2D eigenvalue weighted by molar-refractivity contribution is 5.15. The van der Waals surface area contributed by atoms with Gasteiger partial charge in [0.05, 0.1) is 0 Å². The van der Waals surface area contributed by atoms with E-state index < -0.39 is 0 Å². The lowest BCUT2D eigenvalue weighted by Gasteiger charge is -2.45.